The number of benzene rings is 1. The van der Waals surface area contributed by atoms with Gasteiger partial charge in [0.05, 0.1) is 5.71 Å². The Kier molecular flexibility index (Phi) is 5.51. The van der Waals surface area contributed by atoms with Crippen LogP contribution >= 0.6 is 0 Å². The first-order valence-electron chi connectivity index (χ1n) is 7.56. The van der Waals surface area contributed by atoms with Gasteiger partial charge < -0.3 is 15.4 Å². The molecule has 128 valence electrons. The topological polar surface area (TPSA) is 109 Å². The second kappa shape index (κ2) is 7.58. The number of carbonyl (C=O) groups excluding carboxylic acids is 3. The molecule has 3 N–H and O–H groups in total. The van der Waals surface area contributed by atoms with Crippen molar-refractivity contribution in [2.24, 2.45) is 11.0 Å². The van der Waals surface area contributed by atoms with Crippen molar-refractivity contribution in [3.05, 3.63) is 29.8 Å². The third-order valence-corrected chi connectivity index (χ3v) is 3.56. The van der Waals surface area contributed by atoms with Gasteiger partial charge in [0.1, 0.15) is 0 Å². The van der Waals surface area contributed by atoms with E-state index < -0.39 is 18.1 Å². The fourth-order valence-corrected chi connectivity index (χ4v) is 2.24. The monoisotopic (exact) mass is 332 g/mol. The summed E-state index contributed by atoms with van der Waals surface area (Å²) in [5, 5.41) is 9.04. The van der Waals surface area contributed by atoms with Crippen LogP contribution in [-0.2, 0) is 14.3 Å². The van der Waals surface area contributed by atoms with Gasteiger partial charge in [-0.2, -0.15) is 5.10 Å². The highest BCUT2D eigenvalue weighted by Crippen LogP contribution is 2.18. The Hall–Kier alpha value is -2.90. The van der Waals surface area contributed by atoms with E-state index in [-0.39, 0.29) is 11.8 Å². The third-order valence-electron chi connectivity index (χ3n) is 3.56. The quantitative estimate of drug-likeness (QED) is 0.770. The molecule has 24 heavy (non-hydrogen) atoms. The summed E-state index contributed by atoms with van der Waals surface area (Å²) in [7, 11) is 1.42. The lowest BCUT2D eigenvalue weighted by atomic mass is 9.94. The van der Waals surface area contributed by atoms with E-state index in [1.54, 1.807) is 12.1 Å². The van der Waals surface area contributed by atoms with Crippen LogP contribution in [0.3, 0.4) is 0 Å². The van der Waals surface area contributed by atoms with Crippen molar-refractivity contribution in [3.8, 4) is 0 Å². The molecule has 0 spiro atoms. The number of rotatable bonds is 4. The summed E-state index contributed by atoms with van der Waals surface area (Å²) in [5.74, 6) is -0.498. The van der Waals surface area contributed by atoms with Gasteiger partial charge in [0.2, 0.25) is 5.91 Å². The normalized spacial score (nSPS) is 18.0. The molecular weight excluding hydrogens is 312 g/mol. The molecule has 3 amide bonds. The van der Waals surface area contributed by atoms with E-state index in [1.807, 2.05) is 19.1 Å². The van der Waals surface area contributed by atoms with E-state index in [1.165, 1.54) is 14.0 Å². The third kappa shape index (κ3) is 4.31. The maximum Gasteiger partial charge on any atom is 0.407 e. The second-order valence-corrected chi connectivity index (χ2v) is 5.50. The van der Waals surface area contributed by atoms with Crippen molar-refractivity contribution in [3.63, 3.8) is 0 Å². The van der Waals surface area contributed by atoms with Gasteiger partial charge in [0.15, 0.2) is 6.10 Å². The molecule has 0 aromatic heterocycles. The van der Waals surface area contributed by atoms with Gasteiger partial charge in [-0.05, 0) is 24.6 Å². The highest BCUT2D eigenvalue weighted by atomic mass is 16.6. The van der Waals surface area contributed by atoms with Crippen LogP contribution < -0.4 is 16.1 Å². The second-order valence-electron chi connectivity index (χ2n) is 5.50. The van der Waals surface area contributed by atoms with Gasteiger partial charge >= 0.3 is 6.09 Å². The van der Waals surface area contributed by atoms with Crippen molar-refractivity contribution < 1.29 is 19.1 Å². The summed E-state index contributed by atoms with van der Waals surface area (Å²) >= 11 is 0. The number of hydrogen-bond donors (Lipinski definition) is 3. The van der Waals surface area contributed by atoms with Crippen molar-refractivity contribution >= 4 is 29.3 Å². The van der Waals surface area contributed by atoms with Crippen LogP contribution in [0.15, 0.2) is 29.4 Å². The molecule has 1 aliphatic heterocycles. The number of alkyl carbamates (subject to hydrolysis) is 1. The van der Waals surface area contributed by atoms with Crippen LogP contribution in [0.5, 0.6) is 0 Å². The Labute approximate surface area is 139 Å². The number of carbonyl (C=O) groups is 3. The van der Waals surface area contributed by atoms with Crippen molar-refractivity contribution in [1.29, 1.82) is 0 Å². The molecule has 2 atom stereocenters. The molecule has 0 radical (unpaired) electrons. The Morgan fingerprint density at radius 3 is 2.58 bits per heavy atom. The maximum atomic E-state index is 12.0. The standard InChI is InChI=1S/C16H20N4O4/c1-9-8-13(21)19-20-14(9)11-4-6-12(7-5-11)18-15(22)10(2)24-16(23)17-3/h4-7,9-10H,8H2,1-3H3,(H,17,23)(H,18,22)(H,19,21). The molecule has 1 aromatic carbocycles. The number of hydrogen-bond acceptors (Lipinski definition) is 5. The Balaban J connectivity index is 2.01. The minimum atomic E-state index is -0.914. The number of anilines is 1. The molecule has 1 heterocycles. The zero-order valence-corrected chi connectivity index (χ0v) is 13.8. The smallest absolute Gasteiger partial charge is 0.407 e. The molecule has 0 aliphatic carbocycles. The lowest BCUT2D eigenvalue weighted by molar-refractivity contribution is -0.123. The van der Waals surface area contributed by atoms with Crippen molar-refractivity contribution in [2.45, 2.75) is 26.4 Å². The predicted molar refractivity (Wildman–Crippen MR) is 88.5 cm³/mol. The average molecular weight is 332 g/mol. The first-order chi connectivity index (χ1) is 11.4. The lowest BCUT2D eigenvalue weighted by Crippen LogP contribution is -2.33. The number of hydrazone groups is 1. The Morgan fingerprint density at radius 1 is 1.33 bits per heavy atom. The Bertz CT molecular complexity index is 669. The molecule has 0 saturated heterocycles. The fraction of sp³-hybridized carbons (Fsp3) is 0.375. The number of nitrogens with one attached hydrogen (secondary N) is 3. The van der Waals surface area contributed by atoms with Gasteiger partial charge in [-0.3, -0.25) is 9.59 Å². The van der Waals surface area contributed by atoms with Crippen molar-refractivity contribution in [2.75, 3.05) is 12.4 Å². The maximum absolute atomic E-state index is 12.0. The zero-order valence-electron chi connectivity index (χ0n) is 13.8. The van der Waals surface area contributed by atoms with Gasteiger partial charge in [-0.1, -0.05) is 19.1 Å². The summed E-state index contributed by atoms with van der Waals surface area (Å²) in [6, 6.07) is 7.08. The van der Waals surface area contributed by atoms with Crippen LogP contribution in [0.2, 0.25) is 0 Å². The first kappa shape index (κ1) is 17.5. The van der Waals surface area contributed by atoms with Gasteiger partial charge in [-0.25, -0.2) is 10.2 Å². The summed E-state index contributed by atoms with van der Waals surface area (Å²) in [5.41, 5.74) is 4.71. The lowest BCUT2D eigenvalue weighted by Gasteiger charge is -2.19. The van der Waals surface area contributed by atoms with Crippen LogP contribution in [0, 0.1) is 5.92 Å². The highest BCUT2D eigenvalue weighted by Gasteiger charge is 2.22. The molecule has 1 aliphatic rings. The average Bonchev–Trinajstić information content (AvgIpc) is 2.55. The molecule has 1 aromatic rings. The minimum absolute atomic E-state index is 0.0279. The van der Waals surface area contributed by atoms with E-state index in [0.717, 1.165) is 11.3 Å². The fourth-order valence-electron chi connectivity index (χ4n) is 2.24. The van der Waals surface area contributed by atoms with E-state index in [4.69, 9.17) is 4.74 Å². The van der Waals surface area contributed by atoms with E-state index >= 15 is 0 Å². The van der Waals surface area contributed by atoms with E-state index in [0.29, 0.717) is 12.1 Å². The summed E-state index contributed by atoms with van der Waals surface area (Å²) in [6.45, 7) is 3.42. The summed E-state index contributed by atoms with van der Waals surface area (Å²) in [6.07, 6.45) is -1.19. The van der Waals surface area contributed by atoms with Gasteiger partial charge in [-0.15, -0.1) is 0 Å². The highest BCUT2D eigenvalue weighted by molar-refractivity contribution is 6.06. The largest absolute Gasteiger partial charge is 0.436 e. The number of nitrogens with zero attached hydrogens (tertiary/aromatic N) is 1. The molecule has 0 bridgehead atoms. The SMILES string of the molecule is CNC(=O)OC(C)C(=O)Nc1ccc(C2=NNC(=O)CC2C)cc1. The van der Waals surface area contributed by atoms with Crippen LogP contribution in [0.25, 0.3) is 0 Å². The van der Waals surface area contributed by atoms with Crippen LogP contribution in [0.4, 0.5) is 10.5 Å². The molecule has 8 heteroatoms. The molecular formula is C16H20N4O4. The molecule has 0 fully saturated rings. The molecule has 2 rings (SSSR count). The first-order valence-corrected chi connectivity index (χ1v) is 7.56. The predicted octanol–water partition coefficient (Wildman–Crippen LogP) is 1.23. The summed E-state index contributed by atoms with van der Waals surface area (Å²) in [4.78, 5) is 34.3. The zero-order chi connectivity index (χ0) is 17.7. The van der Waals surface area contributed by atoms with Crippen molar-refractivity contribution in [1.82, 2.24) is 10.7 Å². The minimum Gasteiger partial charge on any atom is -0.436 e. The van der Waals surface area contributed by atoms with Crippen LogP contribution in [-0.4, -0.2) is 36.8 Å². The molecule has 2 unspecified atom stereocenters. The van der Waals surface area contributed by atoms with E-state index in [9.17, 15) is 14.4 Å². The van der Waals surface area contributed by atoms with Gasteiger partial charge in [0.25, 0.3) is 5.91 Å². The number of ether oxygens (including phenoxy) is 1. The Morgan fingerprint density at radius 2 is 2.00 bits per heavy atom. The summed E-state index contributed by atoms with van der Waals surface area (Å²) < 4.78 is 4.86. The van der Waals surface area contributed by atoms with Crippen LogP contribution in [0.1, 0.15) is 25.8 Å². The molecule has 0 saturated carbocycles. The van der Waals surface area contributed by atoms with E-state index in [2.05, 4.69) is 21.2 Å². The number of amides is 3. The van der Waals surface area contributed by atoms with Gasteiger partial charge in [0, 0.05) is 25.1 Å². The molecule has 8 nitrogen and oxygen atoms in total.